The highest BCUT2D eigenvalue weighted by atomic mass is 16.0. The minimum absolute atomic E-state index is 0. The van der Waals surface area contributed by atoms with E-state index in [4.69, 9.17) is 0 Å². The second kappa shape index (κ2) is 8.92. The maximum Gasteiger partial charge on any atom is 0.0810 e. The Morgan fingerprint density at radius 3 is 0.778 bits per heavy atom. The van der Waals surface area contributed by atoms with Crippen LogP contribution in [0.25, 0.3) is 0 Å². The Morgan fingerprint density at radius 2 is 0.667 bits per heavy atom. The van der Waals surface area contributed by atoms with Crippen molar-refractivity contribution in [3.05, 3.63) is 0 Å². The number of quaternary nitrogens is 1. The highest BCUT2D eigenvalue weighted by Gasteiger charge is 2.31. The fraction of sp³-hybridized carbons (Fsp3) is 1.00. The van der Waals surface area contributed by atoms with E-state index in [1.54, 1.807) is 0 Å². The Kier molecular flexibility index (Phi) is 10.0. The lowest BCUT2D eigenvalue weighted by atomic mass is 10.0. The van der Waals surface area contributed by atoms with Gasteiger partial charge < -0.3 is 9.96 Å². The second-order valence-electron chi connectivity index (χ2n) is 7.65. The zero-order chi connectivity index (χ0) is 13.6. The lowest BCUT2D eigenvalue weighted by Crippen LogP contribution is -2.56. The van der Waals surface area contributed by atoms with Crippen molar-refractivity contribution in [1.82, 2.24) is 0 Å². The molecule has 0 heterocycles. The Bertz CT molecular complexity index is 152. The molecule has 0 aliphatic rings. The maximum atomic E-state index is 2.37. The Balaban J connectivity index is 0. The highest BCUT2D eigenvalue weighted by molar-refractivity contribution is 4.57. The molecular weight excluding hydrogens is 222 g/mol. The van der Waals surface area contributed by atoms with E-state index in [0.717, 1.165) is 23.7 Å². The molecule has 0 saturated carbocycles. The third-order valence-corrected chi connectivity index (χ3v) is 3.01. The predicted molar refractivity (Wildman–Crippen MR) is 81.0 cm³/mol. The molecule has 0 fully saturated rings. The molecule has 0 aliphatic carbocycles. The Morgan fingerprint density at radius 1 is 0.500 bits per heavy atom. The summed E-state index contributed by atoms with van der Waals surface area (Å²) in [7, 11) is 0. The fourth-order valence-electron chi connectivity index (χ4n) is 3.55. The SMILES string of the molecule is CC(C)C[N+](CC(C)C)(CC(C)C)CC(C)C.[OH-]. The number of nitrogens with zero attached hydrogens (tertiary/aromatic N) is 1. The van der Waals surface area contributed by atoms with E-state index in [9.17, 15) is 0 Å². The molecule has 2 heteroatoms. The summed E-state index contributed by atoms with van der Waals surface area (Å²) in [4.78, 5) is 0. The Hall–Kier alpha value is -0.0800. The summed E-state index contributed by atoms with van der Waals surface area (Å²) in [6, 6.07) is 0. The van der Waals surface area contributed by atoms with Gasteiger partial charge in [0.25, 0.3) is 0 Å². The van der Waals surface area contributed by atoms with E-state index >= 15 is 0 Å². The van der Waals surface area contributed by atoms with Crippen LogP contribution in [0.5, 0.6) is 0 Å². The van der Waals surface area contributed by atoms with E-state index in [-0.39, 0.29) is 5.48 Å². The molecule has 0 atom stereocenters. The maximum absolute atomic E-state index is 2.37. The van der Waals surface area contributed by atoms with Crippen LogP contribution < -0.4 is 0 Å². The monoisotopic (exact) mass is 259 g/mol. The summed E-state index contributed by atoms with van der Waals surface area (Å²) in [5.41, 5.74) is 0. The molecule has 0 bridgehead atoms. The van der Waals surface area contributed by atoms with E-state index in [0.29, 0.717) is 0 Å². The zero-order valence-electron chi connectivity index (χ0n) is 14.0. The molecule has 0 rings (SSSR count). The molecule has 1 N–H and O–H groups in total. The van der Waals surface area contributed by atoms with Gasteiger partial charge in [-0.25, -0.2) is 0 Å². The van der Waals surface area contributed by atoms with Gasteiger partial charge in [0, 0.05) is 23.7 Å². The first-order chi connectivity index (χ1) is 7.67. The van der Waals surface area contributed by atoms with Crippen LogP contribution in [0, 0.1) is 23.7 Å². The van der Waals surface area contributed by atoms with Crippen molar-refractivity contribution in [1.29, 1.82) is 0 Å². The average molecular weight is 259 g/mol. The Labute approximate surface area is 116 Å². The molecule has 18 heavy (non-hydrogen) atoms. The second-order valence-corrected chi connectivity index (χ2v) is 7.65. The van der Waals surface area contributed by atoms with Crippen molar-refractivity contribution in [3.63, 3.8) is 0 Å². The molecule has 0 aromatic carbocycles. The van der Waals surface area contributed by atoms with Crippen LogP contribution in [0.3, 0.4) is 0 Å². The van der Waals surface area contributed by atoms with E-state index in [1.807, 2.05) is 0 Å². The van der Waals surface area contributed by atoms with Gasteiger partial charge in [0.2, 0.25) is 0 Å². The van der Waals surface area contributed by atoms with Gasteiger partial charge in [0.05, 0.1) is 26.2 Å². The molecule has 0 aromatic heterocycles. The van der Waals surface area contributed by atoms with Gasteiger partial charge in [-0.05, 0) is 0 Å². The predicted octanol–water partition coefficient (Wildman–Crippen LogP) is 4.25. The average Bonchev–Trinajstić information content (AvgIpc) is 1.95. The van der Waals surface area contributed by atoms with E-state index in [2.05, 4.69) is 55.4 Å². The molecule has 0 spiro atoms. The molecule has 0 aromatic rings. The largest absolute Gasteiger partial charge is 0.870 e. The van der Waals surface area contributed by atoms with Gasteiger partial charge in [-0.15, -0.1) is 0 Å². The summed E-state index contributed by atoms with van der Waals surface area (Å²) in [6.07, 6.45) is 0. The molecule has 0 radical (unpaired) electrons. The van der Waals surface area contributed by atoms with E-state index < -0.39 is 0 Å². The summed E-state index contributed by atoms with van der Waals surface area (Å²) >= 11 is 0. The standard InChI is InChI=1S/C16H36N.H2O/c1-13(2)9-17(10-14(3)4,11-15(5)6)12-16(7)8;/h13-16H,9-12H2,1-8H3;1H2/q+1;/p-1. The third kappa shape index (κ3) is 8.93. The van der Waals surface area contributed by atoms with Gasteiger partial charge in [-0.3, -0.25) is 0 Å². The third-order valence-electron chi connectivity index (χ3n) is 3.01. The summed E-state index contributed by atoms with van der Waals surface area (Å²) in [5.74, 6) is 3.19. The number of hydrogen-bond donors (Lipinski definition) is 0. The van der Waals surface area contributed by atoms with Crippen LogP contribution in [0.2, 0.25) is 0 Å². The van der Waals surface area contributed by atoms with Crippen LogP contribution >= 0.6 is 0 Å². The van der Waals surface area contributed by atoms with Crippen molar-refractivity contribution < 1.29 is 9.96 Å². The highest BCUT2D eigenvalue weighted by Crippen LogP contribution is 2.21. The lowest BCUT2D eigenvalue weighted by Gasteiger charge is -2.44. The fourth-order valence-corrected chi connectivity index (χ4v) is 3.55. The summed E-state index contributed by atoms with van der Waals surface area (Å²) in [6.45, 7) is 24.3. The first-order valence-electron chi connectivity index (χ1n) is 7.52. The van der Waals surface area contributed by atoms with Gasteiger partial charge in [0.15, 0.2) is 0 Å². The zero-order valence-corrected chi connectivity index (χ0v) is 14.0. The van der Waals surface area contributed by atoms with Gasteiger partial charge in [-0.2, -0.15) is 0 Å². The van der Waals surface area contributed by atoms with Crippen molar-refractivity contribution >= 4 is 0 Å². The van der Waals surface area contributed by atoms with Crippen LogP contribution in [0.4, 0.5) is 0 Å². The molecule has 0 aliphatic heterocycles. The van der Waals surface area contributed by atoms with Gasteiger partial charge >= 0.3 is 0 Å². The summed E-state index contributed by atoms with van der Waals surface area (Å²) in [5, 5.41) is 0. The molecule has 0 unspecified atom stereocenters. The van der Waals surface area contributed by atoms with Crippen LogP contribution in [0.1, 0.15) is 55.4 Å². The molecule has 0 saturated heterocycles. The van der Waals surface area contributed by atoms with Gasteiger partial charge in [-0.1, -0.05) is 55.4 Å². The first-order valence-corrected chi connectivity index (χ1v) is 7.52. The minimum Gasteiger partial charge on any atom is -0.870 e. The van der Waals surface area contributed by atoms with Crippen molar-refractivity contribution in [3.8, 4) is 0 Å². The van der Waals surface area contributed by atoms with Gasteiger partial charge in [0.1, 0.15) is 0 Å². The first kappa shape index (κ1) is 20.2. The quantitative estimate of drug-likeness (QED) is 0.599. The van der Waals surface area contributed by atoms with Crippen molar-refractivity contribution in [2.24, 2.45) is 23.7 Å². The summed E-state index contributed by atoms with van der Waals surface area (Å²) < 4.78 is 1.32. The van der Waals surface area contributed by atoms with Crippen LogP contribution in [0.15, 0.2) is 0 Å². The van der Waals surface area contributed by atoms with Crippen LogP contribution in [-0.4, -0.2) is 36.1 Å². The topological polar surface area (TPSA) is 30.0 Å². The van der Waals surface area contributed by atoms with Crippen LogP contribution in [-0.2, 0) is 0 Å². The van der Waals surface area contributed by atoms with Crippen molar-refractivity contribution in [2.75, 3.05) is 26.2 Å². The molecule has 2 nitrogen and oxygen atoms in total. The smallest absolute Gasteiger partial charge is 0.0810 e. The van der Waals surface area contributed by atoms with Crippen molar-refractivity contribution in [2.45, 2.75) is 55.4 Å². The lowest BCUT2D eigenvalue weighted by molar-refractivity contribution is -0.938. The number of hydrogen-bond acceptors (Lipinski definition) is 1. The van der Waals surface area contributed by atoms with E-state index in [1.165, 1.54) is 30.7 Å². The molecule has 112 valence electrons. The number of rotatable bonds is 8. The minimum atomic E-state index is 0. The normalized spacial score (nSPS) is 12.7. The molecular formula is C16H37NO. The molecule has 0 amide bonds.